The van der Waals surface area contributed by atoms with E-state index in [9.17, 15) is 9.90 Å². The Morgan fingerprint density at radius 3 is 2.78 bits per heavy atom. The first kappa shape index (κ1) is 14.9. The van der Waals surface area contributed by atoms with E-state index in [1.54, 1.807) is 25.3 Å². The fourth-order valence-electron chi connectivity index (χ4n) is 1.37. The van der Waals surface area contributed by atoms with Gasteiger partial charge in [-0.05, 0) is 34.1 Å². The van der Waals surface area contributed by atoms with Crippen molar-refractivity contribution < 1.29 is 19.4 Å². The molecule has 0 saturated heterocycles. The van der Waals surface area contributed by atoms with Crippen molar-refractivity contribution in [1.29, 1.82) is 0 Å². The molecule has 2 N–H and O–H groups in total. The molecule has 1 aromatic rings. The van der Waals surface area contributed by atoms with E-state index in [0.29, 0.717) is 15.8 Å². The van der Waals surface area contributed by atoms with E-state index < -0.39 is 6.10 Å². The number of amides is 1. The van der Waals surface area contributed by atoms with Crippen LogP contribution in [-0.4, -0.2) is 44.5 Å². The van der Waals surface area contributed by atoms with Gasteiger partial charge in [-0.1, -0.05) is 0 Å². The summed E-state index contributed by atoms with van der Waals surface area (Å²) in [7, 11) is 3.05. The Kier molecular flexibility index (Phi) is 6.11. The SMILES string of the molecule is COCC(O)CNC(=O)c1ccc(OC)c(Br)c1. The molecule has 0 bridgehead atoms. The molecule has 5 nitrogen and oxygen atoms in total. The van der Waals surface area contributed by atoms with E-state index in [1.165, 1.54) is 7.11 Å². The summed E-state index contributed by atoms with van der Waals surface area (Å²) in [6.07, 6.45) is -0.708. The zero-order valence-electron chi connectivity index (χ0n) is 10.3. The first-order chi connectivity index (χ1) is 8.58. The van der Waals surface area contributed by atoms with Gasteiger partial charge in [0.15, 0.2) is 0 Å². The number of hydrogen-bond donors (Lipinski definition) is 2. The van der Waals surface area contributed by atoms with E-state index in [4.69, 9.17) is 9.47 Å². The van der Waals surface area contributed by atoms with E-state index >= 15 is 0 Å². The van der Waals surface area contributed by atoms with Crippen LogP contribution in [0.5, 0.6) is 5.75 Å². The molecule has 0 aliphatic rings. The zero-order valence-corrected chi connectivity index (χ0v) is 11.9. The fraction of sp³-hybridized carbons (Fsp3) is 0.417. The van der Waals surface area contributed by atoms with Gasteiger partial charge in [0.1, 0.15) is 5.75 Å². The Balaban J connectivity index is 2.59. The molecule has 0 radical (unpaired) electrons. The Labute approximate surface area is 114 Å². The van der Waals surface area contributed by atoms with Gasteiger partial charge in [0, 0.05) is 19.2 Å². The summed E-state index contributed by atoms with van der Waals surface area (Å²) >= 11 is 3.31. The molecule has 1 rings (SSSR count). The molecule has 0 spiro atoms. The van der Waals surface area contributed by atoms with Crippen LogP contribution in [0, 0.1) is 0 Å². The number of benzene rings is 1. The van der Waals surface area contributed by atoms with Crippen molar-refractivity contribution >= 4 is 21.8 Å². The Bertz CT molecular complexity index is 411. The average molecular weight is 318 g/mol. The summed E-state index contributed by atoms with van der Waals surface area (Å²) in [4.78, 5) is 11.8. The second-order valence-corrected chi connectivity index (χ2v) is 4.52. The number of ether oxygens (including phenoxy) is 2. The summed E-state index contributed by atoms with van der Waals surface area (Å²) in [5, 5.41) is 12.0. The molecular formula is C12H16BrNO4. The molecule has 100 valence electrons. The third-order valence-corrected chi connectivity index (χ3v) is 2.89. The summed E-state index contributed by atoms with van der Waals surface area (Å²) in [6.45, 7) is 0.336. The third-order valence-electron chi connectivity index (χ3n) is 2.27. The normalized spacial score (nSPS) is 12.0. The van der Waals surface area contributed by atoms with Crippen molar-refractivity contribution in [3.05, 3.63) is 28.2 Å². The van der Waals surface area contributed by atoms with Gasteiger partial charge >= 0.3 is 0 Å². The number of nitrogens with one attached hydrogen (secondary N) is 1. The van der Waals surface area contributed by atoms with Crippen LogP contribution in [0.25, 0.3) is 0 Å². The number of methoxy groups -OCH3 is 2. The number of hydrogen-bond acceptors (Lipinski definition) is 4. The highest BCUT2D eigenvalue weighted by Gasteiger charge is 2.10. The molecule has 1 aromatic carbocycles. The highest BCUT2D eigenvalue weighted by atomic mass is 79.9. The lowest BCUT2D eigenvalue weighted by molar-refractivity contribution is 0.0610. The molecule has 0 saturated carbocycles. The predicted octanol–water partition coefficient (Wildman–Crippen LogP) is 1.19. The van der Waals surface area contributed by atoms with Crippen molar-refractivity contribution in [2.45, 2.75) is 6.10 Å². The number of halogens is 1. The molecular weight excluding hydrogens is 302 g/mol. The zero-order chi connectivity index (χ0) is 13.5. The molecule has 0 heterocycles. The van der Waals surface area contributed by atoms with Crippen molar-refractivity contribution in [2.24, 2.45) is 0 Å². The van der Waals surface area contributed by atoms with Crippen molar-refractivity contribution in [3.63, 3.8) is 0 Å². The predicted molar refractivity (Wildman–Crippen MR) is 70.9 cm³/mol. The Morgan fingerprint density at radius 1 is 1.50 bits per heavy atom. The number of aliphatic hydroxyl groups is 1. The molecule has 1 amide bonds. The minimum atomic E-state index is -0.708. The van der Waals surface area contributed by atoms with Gasteiger partial charge in [0.2, 0.25) is 0 Å². The second kappa shape index (κ2) is 7.35. The Morgan fingerprint density at radius 2 is 2.22 bits per heavy atom. The molecule has 1 atom stereocenters. The molecule has 6 heteroatoms. The van der Waals surface area contributed by atoms with E-state index in [0.717, 1.165) is 0 Å². The fourth-order valence-corrected chi connectivity index (χ4v) is 1.91. The van der Waals surface area contributed by atoms with Crippen molar-refractivity contribution in [2.75, 3.05) is 27.4 Å². The quantitative estimate of drug-likeness (QED) is 0.827. The van der Waals surface area contributed by atoms with Crippen LogP contribution >= 0.6 is 15.9 Å². The van der Waals surface area contributed by atoms with E-state index in [-0.39, 0.29) is 19.1 Å². The standard InChI is InChI=1S/C12H16BrNO4/c1-17-7-9(15)6-14-12(16)8-3-4-11(18-2)10(13)5-8/h3-5,9,15H,6-7H2,1-2H3,(H,14,16). The number of rotatable bonds is 6. The molecule has 0 aromatic heterocycles. The van der Waals surface area contributed by atoms with Crippen LogP contribution in [0.4, 0.5) is 0 Å². The second-order valence-electron chi connectivity index (χ2n) is 3.67. The van der Waals surface area contributed by atoms with Crippen molar-refractivity contribution in [3.8, 4) is 5.75 Å². The van der Waals surface area contributed by atoms with Crippen LogP contribution in [0.2, 0.25) is 0 Å². The number of aliphatic hydroxyl groups excluding tert-OH is 1. The number of carbonyl (C=O) groups is 1. The maximum Gasteiger partial charge on any atom is 0.251 e. The monoisotopic (exact) mass is 317 g/mol. The van der Waals surface area contributed by atoms with Gasteiger partial charge in [0.05, 0.1) is 24.3 Å². The third kappa shape index (κ3) is 4.29. The minimum Gasteiger partial charge on any atom is -0.496 e. The summed E-state index contributed by atoms with van der Waals surface area (Å²) < 4.78 is 10.5. The molecule has 0 aliphatic heterocycles. The maximum absolute atomic E-state index is 11.8. The lowest BCUT2D eigenvalue weighted by Crippen LogP contribution is -2.34. The highest BCUT2D eigenvalue weighted by Crippen LogP contribution is 2.25. The summed E-state index contributed by atoms with van der Waals surface area (Å²) in [6, 6.07) is 5.02. The number of carbonyl (C=O) groups excluding carboxylic acids is 1. The van der Waals surface area contributed by atoms with Crippen LogP contribution in [0.1, 0.15) is 10.4 Å². The van der Waals surface area contributed by atoms with E-state index in [1.807, 2.05) is 0 Å². The molecule has 0 fully saturated rings. The Hall–Kier alpha value is -1.11. The van der Waals surface area contributed by atoms with Gasteiger partial charge in [-0.25, -0.2) is 0 Å². The largest absolute Gasteiger partial charge is 0.496 e. The van der Waals surface area contributed by atoms with Crippen LogP contribution in [0.15, 0.2) is 22.7 Å². The van der Waals surface area contributed by atoms with Gasteiger partial charge in [-0.2, -0.15) is 0 Å². The topological polar surface area (TPSA) is 67.8 Å². The lowest BCUT2D eigenvalue weighted by Gasteiger charge is -2.11. The molecule has 0 aliphatic carbocycles. The first-order valence-corrected chi connectivity index (χ1v) is 6.16. The summed E-state index contributed by atoms with van der Waals surface area (Å²) in [5.74, 6) is 0.402. The lowest BCUT2D eigenvalue weighted by atomic mass is 10.2. The van der Waals surface area contributed by atoms with Gasteiger partial charge in [-0.15, -0.1) is 0 Å². The summed E-state index contributed by atoms with van der Waals surface area (Å²) in [5.41, 5.74) is 0.493. The van der Waals surface area contributed by atoms with E-state index in [2.05, 4.69) is 21.2 Å². The van der Waals surface area contributed by atoms with Gasteiger partial charge in [0.25, 0.3) is 5.91 Å². The van der Waals surface area contributed by atoms with Crippen LogP contribution in [-0.2, 0) is 4.74 Å². The van der Waals surface area contributed by atoms with Gasteiger partial charge < -0.3 is 19.9 Å². The minimum absolute atomic E-state index is 0.149. The van der Waals surface area contributed by atoms with Crippen molar-refractivity contribution in [1.82, 2.24) is 5.32 Å². The smallest absolute Gasteiger partial charge is 0.251 e. The molecule has 1 unspecified atom stereocenters. The first-order valence-electron chi connectivity index (χ1n) is 5.37. The average Bonchev–Trinajstić information content (AvgIpc) is 2.36. The highest BCUT2D eigenvalue weighted by molar-refractivity contribution is 9.10. The molecule has 18 heavy (non-hydrogen) atoms. The van der Waals surface area contributed by atoms with Gasteiger partial charge in [-0.3, -0.25) is 4.79 Å². The van der Waals surface area contributed by atoms with Crippen LogP contribution in [0.3, 0.4) is 0 Å². The maximum atomic E-state index is 11.8. The van der Waals surface area contributed by atoms with Crippen LogP contribution < -0.4 is 10.1 Å².